The third kappa shape index (κ3) is 1.86. The molecule has 1 saturated heterocycles. The van der Waals surface area contributed by atoms with Gasteiger partial charge >= 0.3 is 5.97 Å². The summed E-state index contributed by atoms with van der Waals surface area (Å²) in [4.78, 5) is 13.9. The first-order valence-corrected chi connectivity index (χ1v) is 6.55. The number of aliphatic carboxylic acids is 1. The van der Waals surface area contributed by atoms with E-state index in [1.807, 2.05) is 0 Å². The summed E-state index contributed by atoms with van der Waals surface area (Å²) >= 11 is 0. The molecule has 1 aliphatic heterocycles. The Labute approximate surface area is 97.8 Å². The number of carbonyl (C=O) groups is 1. The Bertz CT molecular complexity index is 273. The summed E-state index contributed by atoms with van der Waals surface area (Å²) in [6, 6.07) is 0. The summed E-state index contributed by atoms with van der Waals surface area (Å²) in [5.41, 5.74) is -0.539. The Balaban J connectivity index is 2.19. The second kappa shape index (κ2) is 4.36. The summed E-state index contributed by atoms with van der Waals surface area (Å²) in [6.07, 6.45) is 5.07. The Morgan fingerprint density at radius 2 is 1.88 bits per heavy atom. The molecule has 92 valence electrons. The van der Waals surface area contributed by atoms with E-state index in [0.717, 1.165) is 32.4 Å². The molecule has 0 bridgehead atoms. The number of nitrogens with zero attached hydrogens (tertiary/aromatic N) is 1. The fourth-order valence-electron chi connectivity index (χ4n) is 3.35. The average Bonchev–Trinajstić information content (AvgIpc) is 2.75. The lowest BCUT2D eigenvalue weighted by atomic mass is 9.70. The predicted molar refractivity (Wildman–Crippen MR) is 63.4 cm³/mol. The molecule has 2 aliphatic rings. The smallest absolute Gasteiger partial charge is 0.324 e. The van der Waals surface area contributed by atoms with Crippen molar-refractivity contribution < 1.29 is 9.90 Å². The Morgan fingerprint density at radius 3 is 2.38 bits per heavy atom. The summed E-state index contributed by atoms with van der Waals surface area (Å²) < 4.78 is 0. The van der Waals surface area contributed by atoms with Gasteiger partial charge in [0.25, 0.3) is 0 Å². The van der Waals surface area contributed by atoms with Gasteiger partial charge in [-0.1, -0.05) is 13.8 Å². The summed E-state index contributed by atoms with van der Waals surface area (Å²) in [6.45, 7) is 6.42. The van der Waals surface area contributed by atoms with Gasteiger partial charge in [0.2, 0.25) is 0 Å². The van der Waals surface area contributed by atoms with Crippen molar-refractivity contribution >= 4 is 5.97 Å². The maximum Gasteiger partial charge on any atom is 0.324 e. The van der Waals surface area contributed by atoms with Gasteiger partial charge in [-0.2, -0.15) is 0 Å². The van der Waals surface area contributed by atoms with E-state index in [2.05, 4.69) is 18.7 Å². The number of rotatable bonds is 2. The second-order valence-electron chi connectivity index (χ2n) is 5.73. The van der Waals surface area contributed by atoms with Crippen LogP contribution in [0.5, 0.6) is 0 Å². The molecule has 3 heteroatoms. The molecule has 2 fully saturated rings. The minimum atomic E-state index is -0.590. The minimum Gasteiger partial charge on any atom is -0.480 e. The molecule has 3 unspecified atom stereocenters. The van der Waals surface area contributed by atoms with E-state index in [9.17, 15) is 9.90 Å². The van der Waals surface area contributed by atoms with E-state index in [4.69, 9.17) is 0 Å². The highest BCUT2D eigenvalue weighted by Crippen LogP contribution is 2.41. The lowest BCUT2D eigenvalue weighted by Gasteiger charge is -2.45. The monoisotopic (exact) mass is 225 g/mol. The van der Waals surface area contributed by atoms with Crippen LogP contribution < -0.4 is 0 Å². The van der Waals surface area contributed by atoms with E-state index < -0.39 is 11.5 Å². The predicted octanol–water partition coefficient (Wildman–Crippen LogP) is 2.36. The number of hydrogen-bond acceptors (Lipinski definition) is 2. The number of carboxylic acids is 1. The molecule has 1 aliphatic carbocycles. The number of hydrogen-bond donors (Lipinski definition) is 1. The standard InChI is InChI=1S/C13H23NO2/c1-10-5-6-13(12(15)16,9-11(10)2)14-7-3-4-8-14/h10-11H,3-9H2,1-2H3,(H,15,16). The van der Waals surface area contributed by atoms with Crippen LogP contribution in [0.1, 0.15) is 46.0 Å². The van der Waals surface area contributed by atoms with Crippen LogP contribution in [0.4, 0.5) is 0 Å². The molecular weight excluding hydrogens is 202 g/mol. The van der Waals surface area contributed by atoms with Crippen molar-refractivity contribution in [3.8, 4) is 0 Å². The zero-order valence-corrected chi connectivity index (χ0v) is 10.4. The van der Waals surface area contributed by atoms with E-state index >= 15 is 0 Å². The van der Waals surface area contributed by atoms with E-state index in [1.165, 1.54) is 12.8 Å². The fraction of sp³-hybridized carbons (Fsp3) is 0.923. The molecule has 1 N–H and O–H groups in total. The third-order valence-corrected chi connectivity index (χ3v) is 4.75. The number of likely N-dealkylation sites (tertiary alicyclic amines) is 1. The van der Waals surface area contributed by atoms with E-state index in [0.29, 0.717) is 11.8 Å². The highest BCUT2D eigenvalue weighted by atomic mass is 16.4. The molecule has 0 aromatic rings. The molecule has 3 nitrogen and oxygen atoms in total. The fourth-order valence-corrected chi connectivity index (χ4v) is 3.35. The van der Waals surface area contributed by atoms with Crippen molar-refractivity contribution in [2.24, 2.45) is 11.8 Å². The molecular formula is C13H23NO2. The van der Waals surface area contributed by atoms with Crippen molar-refractivity contribution in [2.45, 2.75) is 51.5 Å². The largest absolute Gasteiger partial charge is 0.480 e. The lowest BCUT2D eigenvalue weighted by Crippen LogP contribution is -2.56. The van der Waals surface area contributed by atoms with Gasteiger partial charge < -0.3 is 5.11 Å². The summed E-state index contributed by atoms with van der Waals surface area (Å²) in [5, 5.41) is 9.61. The van der Waals surface area contributed by atoms with Crippen molar-refractivity contribution in [3.05, 3.63) is 0 Å². The van der Waals surface area contributed by atoms with Gasteiger partial charge in [0.05, 0.1) is 0 Å². The van der Waals surface area contributed by atoms with Crippen LogP contribution in [0.15, 0.2) is 0 Å². The summed E-state index contributed by atoms with van der Waals surface area (Å²) in [7, 11) is 0. The quantitative estimate of drug-likeness (QED) is 0.784. The first-order chi connectivity index (χ1) is 7.56. The highest BCUT2D eigenvalue weighted by molar-refractivity contribution is 5.79. The lowest BCUT2D eigenvalue weighted by molar-refractivity contribution is -0.155. The normalized spacial score (nSPS) is 41.1. The first-order valence-electron chi connectivity index (χ1n) is 6.55. The minimum absolute atomic E-state index is 0.533. The molecule has 1 heterocycles. The van der Waals surface area contributed by atoms with Gasteiger partial charge in [0, 0.05) is 0 Å². The first kappa shape index (κ1) is 11.9. The van der Waals surface area contributed by atoms with E-state index in [-0.39, 0.29) is 0 Å². The second-order valence-corrected chi connectivity index (χ2v) is 5.73. The van der Waals surface area contributed by atoms with Crippen LogP contribution in [-0.2, 0) is 4.79 Å². The summed E-state index contributed by atoms with van der Waals surface area (Å²) in [5.74, 6) is 0.619. The highest BCUT2D eigenvalue weighted by Gasteiger charge is 2.48. The molecule has 0 amide bonds. The molecule has 0 aromatic heterocycles. The van der Waals surface area contributed by atoms with Crippen molar-refractivity contribution in [3.63, 3.8) is 0 Å². The van der Waals surface area contributed by atoms with Crippen molar-refractivity contribution in [1.29, 1.82) is 0 Å². The van der Waals surface area contributed by atoms with Crippen molar-refractivity contribution in [1.82, 2.24) is 4.90 Å². The van der Waals surface area contributed by atoms with Crippen LogP contribution in [0.25, 0.3) is 0 Å². The van der Waals surface area contributed by atoms with E-state index in [1.54, 1.807) is 0 Å². The SMILES string of the molecule is CC1CCC(C(=O)O)(N2CCCC2)CC1C. The average molecular weight is 225 g/mol. The zero-order valence-electron chi connectivity index (χ0n) is 10.4. The van der Waals surface area contributed by atoms with Crippen LogP contribution in [0.3, 0.4) is 0 Å². The van der Waals surface area contributed by atoms with Gasteiger partial charge in [-0.25, -0.2) is 0 Å². The van der Waals surface area contributed by atoms with Crippen LogP contribution in [0.2, 0.25) is 0 Å². The molecule has 0 aromatic carbocycles. The Hall–Kier alpha value is -0.570. The van der Waals surface area contributed by atoms with Gasteiger partial charge in [-0.15, -0.1) is 0 Å². The molecule has 2 rings (SSSR count). The molecule has 1 saturated carbocycles. The van der Waals surface area contributed by atoms with Gasteiger partial charge in [-0.05, 0) is 57.0 Å². The number of carboxylic acid groups (broad SMARTS) is 1. The maximum absolute atomic E-state index is 11.7. The third-order valence-electron chi connectivity index (χ3n) is 4.75. The van der Waals surface area contributed by atoms with Crippen LogP contribution in [0, 0.1) is 11.8 Å². The molecule has 16 heavy (non-hydrogen) atoms. The van der Waals surface area contributed by atoms with Gasteiger partial charge in [0.1, 0.15) is 5.54 Å². The molecule has 0 radical (unpaired) electrons. The Kier molecular flexibility index (Phi) is 3.24. The molecule has 3 atom stereocenters. The topological polar surface area (TPSA) is 40.5 Å². The van der Waals surface area contributed by atoms with Crippen LogP contribution in [-0.4, -0.2) is 34.6 Å². The zero-order chi connectivity index (χ0) is 11.8. The van der Waals surface area contributed by atoms with Gasteiger partial charge in [0.15, 0.2) is 0 Å². The Morgan fingerprint density at radius 1 is 1.25 bits per heavy atom. The maximum atomic E-state index is 11.7. The van der Waals surface area contributed by atoms with Crippen LogP contribution >= 0.6 is 0 Å². The molecule has 0 spiro atoms. The van der Waals surface area contributed by atoms with Gasteiger partial charge in [-0.3, -0.25) is 9.69 Å². The van der Waals surface area contributed by atoms with Crippen molar-refractivity contribution in [2.75, 3.05) is 13.1 Å².